The Hall–Kier alpha value is -4.62. The van der Waals surface area contributed by atoms with E-state index in [-0.39, 0.29) is 0 Å². The highest BCUT2D eigenvalue weighted by Gasteiger charge is 2.16. The molecule has 4 nitrogen and oxygen atoms in total. The van der Waals surface area contributed by atoms with E-state index in [2.05, 4.69) is 46.2 Å². The molecule has 1 aromatic carbocycles. The molecule has 2 aliphatic heterocycles. The van der Waals surface area contributed by atoms with Crippen molar-refractivity contribution in [3.05, 3.63) is 95.1 Å². The SMILES string of the molecule is C#Cc1ccccc1-c1c2nc(cc3ccc(cc4ccc(cc5nc1C=C5)[nH]4)[nH]3)C=C2. The molecule has 5 heterocycles. The Morgan fingerprint density at radius 1 is 0.625 bits per heavy atom. The monoisotopic (exact) mass is 410 g/mol. The summed E-state index contributed by atoms with van der Waals surface area (Å²) < 4.78 is 0. The number of nitrogens with zero attached hydrogens (tertiary/aromatic N) is 2. The largest absolute Gasteiger partial charge is 0.355 e. The molecule has 2 N–H and O–H groups in total. The average molecular weight is 410 g/mol. The van der Waals surface area contributed by atoms with Crippen LogP contribution in [0.4, 0.5) is 0 Å². The molecule has 3 aromatic heterocycles. The Balaban J connectivity index is 1.74. The molecule has 32 heavy (non-hydrogen) atoms. The van der Waals surface area contributed by atoms with Gasteiger partial charge >= 0.3 is 0 Å². The number of terminal acetylenes is 1. The summed E-state index contributed by atoms with van der Waals surface area (Å²) in [4.78, 5) is 16.7. The molecule has 0 atom stereocenters. The van der Waals surface area contributed by atoms with Crippen LogP contribution in [-0.4, -0.2) is 19.9 Å². The molecule has 4 aromatic rings. The van der Waals surface area contributed by atoms with Crippen LogP contribution in [0.15, 0.2) is 66.7 Å². The number of H-pyrrole nitrogens is 2. The van der Waals surface area contributed by atoms with Crippen molar-refractivity contribution in [2.75, 3.05) is 0 Å². The van der Waals surface area contributed by atoms with Gasteiger partial charge in [0.25, 0.3) is 0 Å². The fraction of sp³-hybridized carbons (Fsp3) is 0. The Labute approximate surface area is 185 Å². The highest BCUT2D eigenvalue weighted by Crippen LogP contribution is 2.33. The quantitative estimate of drug-likeness (QED) is 0.312. The highest BCUT2D eigenvalue weighted by atomic mass is 14.8. The molecule has 0 amide bonds. The van der Waals surface area contributed by atoms with Gasteiger partial charge in [0, 0.05) is 38.8 Å². The lowest BCUT2D eigenvalue weighted by Gasteiger charge is -2.07. The molecule has 6 rings (SSSR count). The zero-order valence-corrected chi connectivity index (χ0v) is 17.1. The summed E-state index contributed by atoms with van der Waals surface area (Å²) in [5, 5.41) is 0. The van der Waals surface area contributed by atoms with Gasteiger partial charge in [-0.1, -0.05) is 24.1 Å². The van der Waals surface area contributed by atoms with E-state index >= 15 is 0 Å². The number of hydrogen-bond donors (Lipinski definition) is 2. The van der Waals surface area contributed by atoms with Gasteiger partial charge < -0.3 is 9.97 Å². The van der Waals surface area contributed by atoms with E-state index in [1.807, 2.05) is 60.7 Å². The molecule has 0 saturated heterocycles. The van der Waals surface area contributed by atoms with Crippen LogP contribution >= 0.6 is 0 Å². The Morgan fingerprint density at radius 3 is 1.72 bits per heavy atom. The zero-order chi connectivity index (χ0) is 21.5. The molecule has 150 valence electrons. The maximum atomic E-state index is 5.83. The minimum Gasteiger partial charge on any atom is -0.355 e. The number of nitrogens with one attached hydrogen (secondary N) is 2. The highest BCUT2D eigenvalue weighted by molar-refractivity contribution is 5.90. The third-order valence-electron chi connectivity index (χ3n) is 5.57. The van der Waals surface area contributed by atoms with Gasteiger partial charge in [-0.3, -0.25) is 0 Å². The first kappa shape index (κ1) is 18.2. The molecular formula is C28H18N4. The molecule has 0 aliphatic carbocycles. The zero-order valence-electron chi connectivity index (χ0n) is 17.1. The first-order valence-corrected chi connectivity index (χ1v) is 10.4. The van der Waals surface area contributed by atoms with E-state index in [1.165, 1.54) is 0 Å². The van der Waals surface area contributed by atoms with Gasteiger partial charge in [-0.15, -0.1) is 6.42 Å². The first-order chi connectivity index (χ1) is 15.7. The lowest BCUT2D eigenvalue weighted by molar-refractivity contribution is 1.27. The fourth-order valence-corrected chi connectivity index (χ4v) is 4.11. The van der Waals surface area contributed by atoms with Gasteiger partial charge in [0.1, 0.15) is 0 Å². The second kappa shape index (κ2) is 7.26. The average Bonchev–Trinajstić information content (AvgIpc) is 3.60. The standard InChI is InChI=1S/C28H18N4/c1-2-18-5-3-4-6-25(18)28-26-13-11-23(31-26)16-21-9-7-19(29-21)15-20-8-10-22(30-20)17-24-12-14-27(28)32-24/h1,3-17,29-30H. The summed E-state index contributed by atoms with van der Waals surface area (Å²) in [5.41, 5.74) is 10.1. The van der Waals surface area contributed by atoms with Gasteiger partial charge in [-0.2, -0.15) is 0 Å². The maximum Gasteiger partial charge on any atom is 0.0738 e. The molecule has 0 fully saturated rings. The van der Waals surface area contributed by atoms with Gasteiger partial charge in [0.15, 0.2) is 0 Å². The normalized spacial score (nSPS) is 12.1. The van der Waals surface area contributed by atoms with Crippen molar-refractivity contribution in [2.24, 2.45) is 0 Å². The van der Waals surface area contributed by atoms with Crippen molar-refractivity contribution in [1.82, 2.24) is 19.9 Å². The summed E-state index contributed by atoms with van der Waals surface area (Å²) in [6.07, 6.45) is 13.9. The molecule has 0 spiro atoms. The van der Waals surface area contributed by atoms with E-state index in [9.17, 15) is 0 Å². The van der Waals surface area contributed by atoms with Crippen LogP contribution in [0, 0.1) is 12.3 Å². The number of aromatic nitrogens is 4. The van der Waals surface area contributed by atoms with Crippen LogP contribution in [0.1, 0.15) is 28.3 Å². The molecule has 0 radical (unpaired) electrons. The topological polar surface area (TPSA) is 57.4 Å². The van der Waals surface area contributed by atoms with Gasteiger partial charge in [-0.05, 0) is 72.8 Å². The lowest BCUT2D eigenvalue weighted by atomic mass is 9.97. The van der Waals surface area contributed by atoms with Crippen molar-refractivity contribution < 1.29 is 0 Å². The summed E-state index contributed by atoms with van der Waals surface area (Å²) in [6, 6.07) is 22.3. The summed E-state index contributed by atoms with van der Waals surface area (Å²) in [6.45, 7) is 0. The van der Waals surface area contributed by atoms with E-state index < -0.39 is 0 Å². The summed E-state index contributed by atoms with van der Waals surface area (Å²) in [5.74, 6) is 2.81. The minimum atomic E-state index is 0.817. The van der Waals surface area contributed by atoms with Crippen molar-refractivity contribution in [2.45, 2.75) is 0 Å². The van der Waals surface area contributed by atoms with Crippen LogP contribution < -0.4 is 0 Å². The van der Waals surface area contributed by atoms with Gasteiger partial charge in [0.2, 0.25) is 0 Å². The predicted molar refractivity (Wildman–Crippen MR) is 132 cm³/mol. The minimum absolute atomic E-state index is 0.817. The smallest absolute Gasteiger partial charge is 0.0738 e. The first-order valence-electron chi connectivity index (χ1n) is 10.4. The fourth-order valence-electron chi connectivity index (χ4n) is 4.11. The number of fused-ring (bicyclic) bond motifs is 8. The van der Waals surface area contributed by atoms with Crippen molar-refractivity contribution in [3.8, 4) is 23.5 Å². The second-order valence-corrected chi connectivity index (χ2v) is 7.75. The molecule has 2 aliphatic rings. The lowest BCUT2D eigenvalue weighted by Crippen LogP contribution is -1.91. The molecule has 0 saturated carbocycles. The van der Waals surface area contributed by atoms with Crippen LogP contribution in [0.25, 0.3) is 57.5 Å². The molecule has 4 heteroatoms. The number of benzene rings is 1. The Morgan fingerprint density at radius 2 is 1.16 bits per heavy atom. The summed E-state index contributed by atoms with van der Waals surface area (Å²) >= 11 is 0. The van der Waals surface area contributed by atoms with Crippen LogP contribution in [-0.2, 0) is 0 Å². The predicted octanol–water partition coefficient (Wildman–Crippen LogP) is 6.30. The number of hydrogen-bond acceptors (Lipinski definition) is 2. The molecule has 8 bridgehead atoms. The van der Waals surface area contributed by atoms with E-state index in [1.54, 1.807) is 0 Å². The van der Waals surface area contributed by atoms with E-state index in [0.717, 1.165) is 61.5 Å². The third-order valence-corrected chi connectivity index (χ3v) is 5.57. The third kappa shape index (κ3) is 3.23. The van der Waals surface area contributed by atoms with Crippen molar-refractivity contribution in [1.29, 1.82) is 0 Å². The van der Waals surface area contributed by atoms with Crippen LogP contribution in [0.2, 0.25) is 0 Å². The summed E-state index contributed by atoms with van der Waals surface area (Å²) in [7, 11) is 0. The Kier molecular flexibility index (Phi) is 4.12. The molecular weight excluding hydrogens is 392 g/mol. The maximum absolute atomic E-state index is 5.83. The van der Waals surface area contributed by atoms with Crippen LogP contribution in [0.3, 0.4) is 0 Å². The van der Waals surface area contributed by atoms with Crippen LogP contribution in [0.5, 0.6) is 0 Å². The van der Waals surface area contributed by atoms with Crippen molar-refractivity contribution in [3.63, 3.8) is 0 Å². The number of aromatic amines is 2. The number of rotatable bonds is 1. The van der Waals surface area contributed by atoms with Gasteiger partial charge in [-0.25, -0.2) is 9.97 Å². The van der Waals surface area contributed by atoms with Gasteiger partial charge in [0.05, 0.1) is 22.8 Å². The second-order valence-electron chi connectivity index (χ2n) is 7.75. The molecule has 0 unspecified atom stereocenters. The van der Waals surface area contributed by atoms with E-state index in [4.69, 9.17) is 16.4 Å². The Bertz CT molecular complexity index is 1550. The van der Waals surface area contributed by atoms with Crippen molar-refractivity contribution >= 4 is 46.4 Å². The van der Waals surface area contributed by atoms with E-state index in [0.29, 0.717) is 0 Å².